The van der Waals surface area contributed by atoms with Gasteiger partial charge in [0.2, 0.25) is 0 Å². The minimum absolute atomic E-state index is 0.243. The van der Waals surface area contributed by atoms with Crippen molar-refractivity contribution < 1.29 is 14.3 Å². The van der Waals surface area contributed by atoms with Gasteiger partial charge in [-0.2, -0.15) is 0 Å². The fraction of sp³-hybridized carbons (Fsp3) is 0.344. The van der Waals surface area contributed by atoms with Crippen molar-refractivity contribution in [2.45, 2.75) is 65.2 Å². The molecule has 0 bridgehead atoms. The predicted molar refractivity (Wildman–Crippen MR) is 155 cm³/mol. The molecule has 2 aromatic carbocycles. The maximum Gasteiger partial charge on any atom is 0.341 e. The number of pyridine rings is 1. The Bertz CT molecular complexity index is 1460. The summed E-state index contributed by atoms with van der Waals surface area (Å²) < 4.78 is 5.43. The number of aryl methyl sites for hydroxylation is 2. The highest BCUT2D eigenvalue weighted by Crippen LogP contribution is 2.38. The second kappa shape index (κ2) is 11.9. The Morgan fingerprint density at radius 2 is 1.74 bits per heavy atom. The van der Waals surface area contributed by atoms with Gasteiger partial charge >= 0.3 is 5.97 Å². The van der Waals surface area contributed by atoms with Gasteiger partial charge in [0.05, 0.1) is 28.9 Å². The van der Waals surface area contributed by atoms with Crippen molar-refractivity contribution in [2.24, 2.45) is 0 Å². The van der Waals surface area contributed by atoms with E-state index in [-0.39, 0.29) is 11.9 Å². The molecular formula is C32H34N2O3S. The number of anilines is 1. The SMILES string of the molecule is CCCc1ccc(-c2cc(C(=O)Nc3sc4c(c3C(=O)OCC)CCCCCC4)c3ccccc3n2)cc1. The van der Waals surface area contributed by atoms with Crippen LogP contribution in [0.3, 0.4) is 0 Å². The summed E-state index contributed by atoms with van der Waals surface area (Å²) in [7, 11) is 0. The first kappa shape index (κ1) is 26.1. The third-order valence-electron chi connectivity index (χ3n) is 7.13. The van der Waals surface area contributed by atoms with Gasteiger partial charge in [-0.3, -0.25) is 4.79 Å². The monoisotopic (exact) mass is 526 g/mol. The van der Waals surface area contributed by atoms with Gasteiger partial charge in [-0.25, -0.2) is 9.78 Å². The number of benzene rings is 2. The number of carbonyl (C=O) groups is 2. The average molecular weight is 527 g/mol. The summed E-state index contributed by atoms with van der Waals surface area (Å²) >= 11 is 1.53. The maximum absolute atomic E-state index is 13.8. The lowest BCUT2D eigenvalue weighted by Crippen LogP contribution is -2.16. The third kappa shape index (κ3) is 5.51. The Balaban J connectivity index is 1.54. The van der Waals surface area contributed by atoms with Crippen LogP contribution in [0.25, 0.3) is 22.2 Å². The van der Waals surface area contributed by atoms with Crippen molar-refractivity contribution in [1.29, 1.82) is 0 Å². The number of hydrogen-bond acceptors (Lipinski definition) is 5. The van der Waals surface area contributed by atoms with Crippen LogP contribution in [0.5, 0.6) is 0 Å². The summed E-state index contributed by atoms with van der Waals surface area (Å²) in [4.78, 5) is 33.0. The fourth-order valence-corrected chi connectivity index (χ4v) is 6.51. The van der Waals surface area contributed by atoms with E-state index in [9.17, 15) is 9.59 Å². The van der Waals surface area contributed by atoms with Gasteiger partial charge in [0.15, 0.2) is 0 Å². The number of aromatic nitrogens is 1. The second-order valence-electron chi connectivity index (χ2n) is 9.82. The van der Waals surface area contributed by atoms with Gasteiger partial charge in [0.1, 0.15) is 5.00 Å². The summed E-state index contributed by atoms with van der Waals surface area (Å²) in [5.74, 6) is -0.597. The van der Waals surface area contributed by atoms with Gasteiger partial charge in [-0.05, 0) is 62.3 Å². The van der Waals surface area contributed by atoms with Gasteiger partial charge in [-0.15, -0.1) is 11.3 Å². The van der Waals surface area contributed by atoms with Crippen LogP contribution in [0.1, 0.15) is 82.7 Å². The molecular weight excluding hydrogens is 492 g/mol. The average Bonchev–Trinajstić information content (AvgIpc) is 3.24. The van der Waals surface area contributed by atoms with Gasteiger partial charge in [0.25, 0.3) is 5.91 Å². The van der Waals surface area contributed by atoms with E-state index >= 15 is 0 Å². The highest BCUT2D eigenvalue weighted by atomic mass is 32.1. The molecule has 6 heteroatoms. The van der Waals surface area contributed by atoms with Gasteiger partial charge < -0.3 is 10.1 Å². The molecule has 1 aliphatic rings. The van der Waals surface area contributed by atoms with Crippen molar-refractivity contribution in [3.63, 3.8) is 0 Å². The Morgan fingerprint density at radius 1 is 0.974 bits per heavy atom. The van der Waals surface area contributed by atoms with Crippen molar-refractivity contribution in [1.82, 2.24) is 4.98 Å². The maximum atomic E-state index is 13.8. The molecule has 1 N–H and O–H groups in total. The number of fused-ring (bicyclic) bond motifs is 2. The van der Waals surface area contributed by atoms with E-state index in [1.54, 1.807) is 0 Å². The number of amides is 1. The lowest BCUT2D eigenvalue weighted by atomic mass is 9.96. The quantitative estimate of drug-likeness (QED) is 0.248. The molecule has 0 saturated carbocycles. The molecule has 2 heterocycles. The minimum atomic E-state index is -0.353. The van der Waals surface area contributed by atoms with Crippen molar-refractivity contribution in [3.05, 3.63) is 81.7 Å². The molecule has 0 aliphatic heterocycles. The van der Waals surface area contributed by atoms with Gasteiger partial charge in [0, 0.05) is 15.8 Å². The number of carbonyl (C=O) groups excluding carboxylic acids is 2. The van der Waals surface area contributed by atoms with Crippen LogP contribution < -0.4 is 5.32 Å². The first-order valence-electron chi connectivity index (χ1n) is 13.7. The van der Waals surface area contributed by atoms with Crippen LogP contribution in [0, 0.1) is 0 Å². The van der Waals surface area contributed by atoms with Gasteiger partial charge in [-0.1, -0.05) is 68.7 Å². The van der Waals surface area contributed by atoms with Crippen LogP contribution in [-0.2, 0) is 24.0 Å². The molecule has 0 radical (unpaired) electrons. The smallest absolute Gasteiger partial charge is 0.341 e. The summed E-state index contributed by atoms with van der Waals surface area (Å²) in [5, 5.41) is 4.48. The summed E-state index contributed by atoms with van der Waals surface area (Å²) in [6, 6.07) is 18.0. The normalized spacial score (nSPS) is 13.4. The molecule has 0 atom stereocenters. The molecule has 0 spiro atoms. The third-order valence-corrected chi connectivity index (χ3v) is 8.33. The summed E-state index contributed by atoms with van der Waals surface area (Å²) in [5.41, 5.74) is 5.89. The lowest BCUT2D eigenvalue weighted by molar-refractivity contribution is 0.0526. The predicted octanol–water partition coefficient (Wildman–Crippen LogP) is 8.00. The second-order valence-corrected chi connectivity index (χ2v) is 10.9. The molecule has 1 amide bonds. The van der Waals surface area contributed by atoms with E-state index in [2.05, 4.69) is 36.5 Å². The largest absolute Gasteiger partial charge is 0.462 e. The Labute approximate surface area is 228 Å². The van der Waals surface area contributed by atoms with E-state index in [0.717, 1.165) is 72.7 Å². The molecule has 196 valence electrons. The van der Waals surface area contributed by atoms with E-state index in [1.165, 1.54) is 28.2 Å². The molecule has 0 saturated heterocycles. The molecule has 0 unspecified atom stereocenters. The number of nitrogens with zero attached hydrogens (tertiary/aromatic N) is 1. The number of rotatable bonds is 7. The van der Waals surface area contributed by atoms with Crippen molar-refractivity contribution in [2.75, 3.05) is 11.9 Å². The Kier molecular flexibility index (Phi) is 8.18. The number of hydrogen-bond donors (Lipinski definition) is 1. The van der Waals surface area contributed by atoms with E-state index in [1.807, 2.05) is 37.3 Å². The Hall–Kier alpha value is -3.51. The number of para-hydroxylation sites is 1. The Morgan fingerprint density at radius 3 is 2.50 bits per heavy atom. The molecule has 5 nitrogen and oxygen atoms in total. The number of thiophene rings is 1. The van der Waals surface area contributed by atoms with Crippen LogP contribution in [0.2, 0.25) is 0 Å². The minimum Gasteiger partial charge on any atom is -0.462 e. The fourth-order valence-electron chi connectivity index (χ4n) is 5.24. The molecule has 4 aromatic rings. The highest BCUT2D eigenvalue weighted by Gasteiger charge is 2.27. The molecule has 2 aromatic heterocycles. The zero-order chi connectivity index (χ0) is 26.5. The zero-order valence-electron chi connectivity index (χ0n) is 22.1. The van der Waals surface area contributed by atoms with E-state index in [0.29, 0.717) is 22.7 Å². The molecule has 0 fully saturated rings. The molecule has 5 rings (SSSR count). The summed E-state index contributed by atoms with van der Waals surface area (Å²) in [6.07, 6.45) is 8.39. The lowest BCUT2D eigenvalue weighted by Gasteiger charge is -2.12. The number of ether oxygens (including phenoxy) is 1. The first-order valence-corrected chi connectivity index (χ1v) is 14.5. The highest BCUT2D eigenvalue weighted by molar-refractivity contribution is 7.17. The van der Waals surface area contributed by atoms with Crippen molar-refractivity contribution >= 4 is 39.1 Å². The number of nitrogens with one attached hydrogen (secondary N) is 1. The van der Waals surface area contributed by atoms with Crippen molar-refractivity contribution in [3.8, 4) is 11.3 Å². The first-order chi connectivity index (χ1) is 18.6. The van der Waals surface area contributed by atoms with Crippen LogP contribution in [-0.4, -0.2) is 23.5 Å². The topological polar surface area (TPSA) is 68.3 Å². The van der Waals surface area contributed by atoms with Crippen LogP contribution >= 0.6 is 11.3 Å². The molecule has 1 aliphatic carbocycles. The van der Waals surface area contributed by atoms with E-state index < -0.39 is 0 Å². The summed E-state index contributed by atoms with van der Waals surface area (Å²) in [6.45, 7) is 4.28. The zero-order valence-corrected chi connectivity index (χ0v) is 23.0. The standard InChI is InChI=1S/C32H34N2O3S/c1-3-11-21-16-18-22(19-17-21)27-20-25(23-12-9-10-14-26(23)33-27)30(35)34-31-29(32(36)37-4-2)24-13-7-5-6-8-15-28(24)38-31/h9-10,12,14,16-20H,3-8,11,13,15H2,1-2H3,(H,34,35). The van der Waals surface area contributed by atoms with E-state index in [4.69, 9.17) is 9.72 Å². The van der Waals surface area contributed by atoms with Crippen LogP contribution in [0.4, 0.5) is 5.00 Å². The molecule has 38 heavy (non-hydrogen) atoms. The number of esters is 1. The van der Waals surface area contributed by atoms with Crippen LogP contribution in [0.15, 0.2) is 54.6 Å².